The van der Waals surface area contributed by atoms with Crippen molar-refractivity contribution in [2.45, 2.75) is 39.3 Å². The Morgan fingerprint density at radius 1 is 1.17 bits per heavy atom. The number of imidazole rings is 1. The second-order valence-corrected chi connectivity index (χ2v) is 8.35. The second kappa shape index (κ2) is 11.4. The Hall–Kier alpha value is -2.60. The van der Waals surface area contributed by atoms with Crippen molar-refractivity contribution in [3.05, 3.63) is 76.5 Å². The lowest BCUT2D eigenvalue weighted by atomic mass is 10.1. The zero-order chi connectivity index (χ0) is 20.3. The Labute approximate surface area is 177 Å². The molecule has 1 atom stereocenters. The molecule has 6 heteroatoms. The number of benzene rings is 1. The Morgan fingerprint density at radius 2 is 2.03 bits per heavy atom. The smallest absolute Gasteiger partial charge is 0.191 e. The number of nitrogens with one attached hydrogen (secondary N) is 2. The van der Waals surface area contributed by atoms with Crippen LogP contribution in [0.2, 0.25) is 0 Å². The summed E-state index contributed by atoms with van der Waals surface area (Å²) in [5, 5.41) is 8.96. The molecule has 0 aliphatic rings. The fourth-order valence-electron chi connectivity index (χ4n) is 3.31. The van der Waals surface area contributed by atoms with Gasteiger partial charge in [0.05, 0.1) is 6.54 Å². The number of nitrogens with zero attached hydrogens (tertiary/aromatic N) is 3. The van der Waals surface area contributed by atoms with E-state index in [1.54, 1.807) is 0 Å². The van der Waals surface area contributed by atoms with E-state index >= 15 is 0 Å². The van der Waals surface area contributed by atoms with Crippen molar-refractivity contribution in [1.29, 1.82) is 0 Å². The third kappa shape index (κ3) is 7.06. The maximum absolute atomic E-state index is 4.51. The Bertz CT molecular complexity index is 855. The minimum atomic E-state index is 0.548. The van der Waals surface area contributed by atoms with Gasteiger partial charge in [-0.3, -0.25) is 4.99 Å². The summed E-state index contributed by atoms with van der Waals surface area (Å²) >= 11 is 1.82. The predicted molar refractivity (Wildman–Crippen MR) is 122 cm³/mol. The lowest BCUT2D eigenvalue weighted by Gasteiger charge is -2.16. The average molecular weight is 410 g/mol. The fraction of sp³-hybridized carbons (Fsp3) is 0.391. The molecule has 0 fully saturated rings. The van der Waals surface area contributed by atoms with Crippen LogP contribution in [0.25, 0.3) is 0 Å². The number of aryl methyl sites for hydroxylation is 2. The van der Waals surface area contributed by atoms with Crippen molar-refractivity contribution in [3.63, 3.8) is 0 Å². The molecular formula is C23H31N5S. The highest BCUT2D eigenvalue weighted by Crippen LogP contribution is 2.13. The van der Waals surface area contributed by atoms with Gasteiger partial charge in [0.1, 0.15) is 5.82 Å². The van der Waals surface area contributed by atoms with Gasteiger partial charge in [0.2, 0.25) is 0 Å². The molecule has 154 valence electrons. The SMILES string of the molecule is CN=C(NCc1nccn1CCCc1ccccc1)NCC(C)Cc1cccs1. The molecule has 5 nitrogen and oxygen atoms in total. The van der Waals surface area contributed by atoms with Gasteiger partial charge in [0, 0.05) is 37.4 Å². The summed E-state index contributed by atoms with van der Waals surface area (Å²) in [5.74, 6) is 2.40. The summed E-state index contributed by atoms with van der Waals surface area (Å²) in [4.78, 5) is 10.3. The van der Waals surface area contributed by atoms with Crippen LogP contribution < -0.4 is 10.6 Å². The first-order valence-corrected chi connectivity index (χ1v) is 11.1. The molecule has 3 rings (SSSR count). The fourth-order valence-corrected chi connectivity index (χ4v) is 4.18. The molecule has 0 aliphatic carbocycles. The van der Waals surface area contributed by atoms with E-state index in [2.05, 4.69) is 86.1 Å². The van der Waals surface area contributed by atoms with Gasteiger partial charge < -0.3 is 15.2 Å². The lowest BCUT2D eigenvalue weighted by molar-refractivity contribution is 0.558. The van der Waals surface area contributed by atoms with E-state index in [0.29, 0.717) is 12.5 Å². The number of hydrogen-bond acceptors (Lipinski definition) is 3. The molecule has 29 heavy (non-hydrogen) atoms. The quantitative estimate of drug-likeness (QED) is 0.391. The number of hydrogen-bond donors (Lipinski definition) is 2. The van der Waals surface area contributed by atoms with Crippen LogP contribution in [-0.2, 0) is 25.9 Å². The standard InChI is InChI=1S/C23H31N5S/c1-19(16-21-11-7-15-29-21)17-26-23(24-2)27-18-22-25-12-14-28(22)13-6-10-20-8-4-3-5-9-20/h3-5,7-9,11-12,14-15,19H,6,10,13,16-18H2,1-2H3,(H2,24,26,27). The largest absolute Gasteiger partial charge is 0.356 e. The molecule has 0 spiro atoms. The van der Waals surface area contributed by atoms with Crippen molar-refractivity contribution in [1.82, 2.24) is 20.2 Å². The average Bonchev–Trinajstić information content (AvgIpc) is 3.41. The van der Waals surface area contributed by atoms with Gasteiger partial charge in [0.25, 0.3) is 0 Å². The van der Waals surface area contributed by atoms with Crippen LogP contribution in [-0.4, -0.2) is 29.1 Å². The highest BCUT2D eigenvalue weighted by atomic mass is 32.1. The zero-order valence-corrected chi connectivity index (χ0v) is 18.2. The van der Waals surface area contributed by atoms with E-state index < -0.39 is 0 Å². The maximum Gasteiger partial charge on any atom is 0.191 e. The molecule has 0 saturated carbocycles. The number of aliphatic imine (C=N–C) groups is 1. The maximum atomic E-state index is 4.51. The summed E-state index contributed by atoms with van der Waals surface area (Å²) in [5.41, 5.74) is 1.38. The third-order valence-electron chi connectivity index (χ3n) is 4.89. The van der Waals surface area contributed by atoms with Crippen LogP contribution >= 0.6 is 11.3 Å². The molecular weight excluding hydrogens is 378 g/mol. The van der Waals surface area contributed by atoms with Crippen molar-refractivity contribution in [2.24, 2.45) is 10.9 Å². The predicted octanol–water partition coefficient (Wildman–Crippen LogP) is 4.12. The Kier molecular flexibility index (Phi) is 8.31. The topological polar surface area (TPSA) is 54.2 Å². The Morgan fingerprint density at radius 3 is 2.79 bits per heavy atom. The first-order chi connectivity index (χ1) is 14.2. The van der Waals surface area contributed by atoms with Crippen LogP contribution in [0.5, 0.6) is 0 Å². The van der Waals surface area contributed by atoms with Gasteiger partial charge in [0.15, 0.2) is 5.96 Å². The highest BCUT2D eigenvalue weighted by Gasteiger charge is 2.08. The molecule has 0 bridgehead atoms. The van der Waals surface area contributed by atoms with Crippen molar-refractivity contribution in [2.75, 3.05) is 13.6 Å². The van der Waals surface area contributed by atoms with Gasteiger partial charge in [-0.25, -0.2) is 4.98 Å². The molecule has 2 heterocycles. The summed E-state index contributed by atoms with van der Waals surface area (Å²) in [6.07, 6.45) is 7.20. The molecule has 0 amide bonds. The third-order valence-corrected chi connectivity index (χ3v) is 5.79. The van der Waals surface area contributed by atoms with Crippen molar-refractivity contribution >= 4 is 17.3 Å². The molecule has 0 saturated heterocycles. The minimum absolute atomic E-state index is 0.548. The lowest BCUT2D eigenvalue weighted by Crippen LogP contribution is -2.39. The monoisotopic (exact) mass is 409 g/mol. The highest BCUT2D eigenvalue weighted by molar-refractivity contribution is 7.09. The number of aromatic nitrogens is 2. The van der Waals surface area contributed by atoms with Gasteiger partial charge >= 0.3 is 0 Å². The molecule has 1 aromatic carbocycles. The van der Waals surface area contributed by atoms with Gasteiger partial charge in [-0.15, -0.1) is 11.3 Å². The first kappa shape index (κ1) is 21.1. The van der Waals surface area contributed by atoms with Crippen molar-refractivity contribution < 1.29 is 0 Å². The number of rotatable bonds is 10. The van der Waals surface area contributed by atoms with E-state index in [-0.39, 0.29) is 0 Å². The summed E-state index contributed by atoms with van der Waals surface area (Å²) in [7, 11) is 1.81. The van der Waals surface area contributed by atoms with E-state index in [0.717, 1.165) is 44.1 Å². The summed E-state index contributed by atoms with van der Waals surface area (Å²) in [6, 6.07) is 14.9. The van der Waals surface area contributed by atoms with Gasteiger partial charge in [-0.1, -0.05) is 43.3 Å². The molecule has 0 radical (unpaired) electrons. The van der Waals surface area contributed by atoms with Gasteiger partial charge in [-0.05, 0) is 42.2 Å². The Balaban J connectivity index is 1.41. The summed E-state index contributed by atoms with van der Waals surface area (Å²) < 4.78 is 2.22. The molecule has 3 aromatic rings. The normalized spacial score (nSPS) is 12.7. The number of thiophene rings is 1. The van der Waals surface area contributed by atoms with Crippen LogP contribution in [0.15, 0.2) is 65.2 Å². The molecule has 2 N–H and O–H groups in total. The van der Waals surface area contributed by atoms with Crippen LogP contribution in [0.4, 0.5) is 0 Å². The van der Waals surface area contributed by atoms with Crippen LogP contribution in [0.3, 0.4) is 0 Å². The summed E-state index contributed by atoms with van der Waals surface area (Å²) in [6.45, 7) is 4.79. The van der Waals surface area contributed by atoms with Gasteiger partial charge in [-0.2, -0.15) is 0 Å². The van der Waals surface area contributed by atoms with Crippen LogP contribution in [0.1, 0.15) is 29.6 Å². The molecule has 2 aromatic heterocycles. The van der Waals surface area contributed by atoms with Crippen LogP contribution in [0, 0.1) is 5.92 Å². The van der Waals surface area contributed by atoms with E-state index in [1.165, 1.54) is 10.4 Å². The second-order valence-electron chi connectivity index (χ2n) is 7.32. The minimum Gasteiger partial charge on any atom is -0.356 e. The zero-order valence-electron chi connectivity index (χ0n) is 17.3. The number of guanidine groups is 1. The molecule has 1 unspecified atom stereocenters. The molecule has 0 aliphatic heterocycles. The first-order valence-electron chi connectivity index (χ1n) is 10.3. The van der Waals surface area contributed by atoms with E-state index in [9.17, 15) is 0 Å². The van der Waals surface area contributed by atoms with Crippen molar-refractivity contribution in [3.8, 4) is 0 Å². The van der Waals surface area contributed by atoms with E-state index in [4.69, 9.17) is 0 Å². The van der Waals surface area contributed by atoms with E-state index in [1.807, 2.05) is 24.6 Å².